The van der Waals surface area contributed by atoms with Crippen molar-refractivity contribution in [3.05, 3.63) is 0 Å². The smallest absolute Gasteiger partial charge is 0.0388 e. The molecule has 0 aromatic heterocycles. The predicted octanol–water partition coefficient (Wildman–Crippen LogP) is 7.08. The molecule has 0 aromatic rings. The van der Waals surface area contributed by atoms with Crippen LogP contribution < -0.4 is 0 Å². The molecule has 0 saturated heterocycles. The SMILES string of the molecule is CC(C)CCCC1CCC(C(C)CCCC(C)C)CC1. The second-order valence-electron chi connectivity index (χ2n) is 8.41. The molecule has 0 aromatic carbocycles. The summed E-state index contributed by atoms with van der Waals surface area (Å²) in [5.41, 5.74) is 0. The van der Waals surface area contributed by atoms with E-state index in [1.54, 1.807) is 0 Å². The number of hydrogen-bond acceptors (Lipinski definition) is 0. The highest BCUT2D eigenvalue weighted by molar-refractivity contribution is 4.76. The molecule has 0 N–H and O–H groups in total. The molecule has 1 unspecified atom stereocenters. The van der Waals surface area contributed by atoms with Crippen LogP contribution in [0.15, 0.2) is 0 Å². The molecule has 0 amide bonds. The van der Waals surface area contributed by atoms with Crippen LogP contribution in [0.4, 0.5) is 0 Å². The number of hydrogen-bond donors (Lipinski definition) is 0. The molecule has 0 radical (unpaired) electrons. The third-order valence-electron chi connectivity index (χ3n) is 5.53. The van der Waals surface area contributed by atoms with Crippen molar-refractivity contribution in [1.82, 2.24) is 0 Å². The standard InChI is InChI=1S/C20H40/c1-16(2)8-6-10-18(5)20-14-12-19(13-15-20)11-7-9-17(3)4/h16-20H,6-15H2,1-5H3. The molecule has 0 heteroatoms. The van der Waals surface area contributed by atoms with Crippen molar-refractivity contribution in [2.45, 2.75) is 98.8 Å². The lowest BCUT2D eigenvalue weighted by Gasteiger charge is -2.32. The lowest BCUT2D eigenvalue weighted by atomic mass is 9.73. The maximum absolute atomic E-state index is 2.52. The second-order valence-corrected chi connectivity index (χ2v) is 8.41. The van der Waals surface area contributed by atoms with Gasteiger partial charge in [0.15, 0.2) is 0 Å². The molecular weight excluding hydrogens is 240 g/mol. The highest BCUT2D eigenvalue weighted by atomic mass is 14.3. The molecule has 1 aliphatic carbocycles. The van der Waals surface area contributed by atoms with Crippen LogP contribution in [0.2, 0.25) is 0 Å². The summed E-state index contributed by atoms with van der Waals surface area (Å²) < 4.78 is 0. The minimum absolute atomic E-state index is 0.888. The van der Waals surface area contributed by atoms with E-state index in [1.807, 2.05) is 0 Å². The van der Waals surface area contributed by atoms with Crippen LogP contribution in [0.5, 0.6) is 0 Å². The fraction of sp³-hybridized carbons (Fsp3) is 1.00. The first-order valence-electron chi connectivity index (χ1n) is 9.49. The van der Waals surface area contributed by atoms with Gasteiger partial charge in [-0.2, -0.15) is 0 Å². The average Bonchev–Trinajstić information content (AvgIpc) is 2.38. The van der Waals surface area contributed by atoms with E-state index in [-0.39, 0.29) is 0 Å². The van der Waals surface area contributed by atoms with Gasteiger partial charge in [-0.15, -0.1) is 0 Å². The minimum Gasteiger partial charge on any atom is -0.0628 e. The van der Waals surface area contributed by atoms with Crippen LogP contribution in [0.25, 0.3) is 0 Å². The maximum atomic E-state index is 2.52. The zero-order valence-electron chi connectivity index (χ0n) is 15.0. The van der Waals surface area contributed by atoms with Gasteiger partial charge in [-0.05, 0) is 42.4 Å². The van der Waals surface area contributed by atoms with Crippen LogP contribution in [-0.4, -0.2) is 0 Å². The molecule has 1 saturated carbocycles. The van der Waals surface area contributed by atoms with E-state index < -0.39 is 0 Å². The molecular formula is C20H40. The Labute approximate surface area is 129 Å². The van der Waals surface area contributed by atoms with Gasteiger partial charge in [-0.1, -0.05) is 86.0 Å². The van der Waals surface area contributed by atoms with E-state index in [9.17, 15) is 0 Å². The van der Waals surface area contributed by atoms with E-state index in [2.05, 4.69) is 34.6 Å². The topological polar surface area (TPSA) is 0 Å². The molecule has 1 fully saturated rings. The van der Waals surface area contributed by atoms with Crippen molar-refractivity contribution >= 4 is 0 Å². The Morgan fingerprint density at radius 3 is 1.80 bits per heavy atom. The van der Waals surface area contributed by atoms with Gasteiger partial charge in [0.2, 0.25) is 0 Å². The van der Waals surface area contributed by atoms with E-state index in [4.69, 9.17) is 0 Å². The van der Waals surface area contributed by atoms with Gasteiger partial charge in [-0.25, -0.2) is 0 Å². The van der Waals surface area contributed by atoms with Crippen molar-refractivity contribution in [2.75, 3.05) is 0 Å². The Bertz CT molecular complexity index is 220. The summed E-state index contributed by atoms with van der Waals surface area (Å²) in [6.07, 6.45) is 14.9. The number of rotatable bonds is 9. The minimum atomic E-state index is 0.888. The Morgan fingerprint density at radius 1 is 0.700 bits per heavy atom. The van der Waals surface area contributed by atoms with Crippen molar-refractivity contribution in [3.63, 3.8) is 0 Å². The monoisotopic (exact) mass is 280 g/mol. The normalized spacial score (nSPS) is 25.4. The van der Waals surface area contributed by atoms with E-state index >= 15 is 0 Å². The Balaban J connectivity index is 2.11. The summed E-state index contributed by atoms with van der Waals surface area (Å²) >= 11 is 0. The van der Waals surface area contributed by atoms with Gasteiger partial charge in [0, 0.05) is 0 Å². The van der Waals surface area contributed by atoms with Crippen molar-refractivity contribution < 1.29 is 0 Å². The van der Waals surface area contributed by atoms with Crippen LogP contribution in [-0.2, 0) is 0 Å². The first kappa shape index (κ1) is 18.1. The fourth-order valence-electron chi connectivity index (χ4n) is 3.94. The molecule has 1 atom stereocenters. The molecule has 20 heavy (non-hydrogen) atoms. The summed E-state index contributed by atoms with van der Waals surface area (Å²) in [5, 5.41) is 0. The van der Waals surface area contributed by atoms with Crippen LogP contribution >= 0.6 is 0 Å². The highest BCUT2D eigenvalue weighted by Crippen LogP contribution is 2.37. The molecule has 120 valence electrons. The first-order chi connectivity index (χ1) is 9.49. The van der Waals surface area contributed by atoms with Crippen LogP contribution in [0.3, 0.4) is 0 Å². The van der Waals surface area contributed by atoms with Gasteiger partial charge in [-0.3, -0.25) is 0 Å². The van der Waals surface area contributed by atoms with Gasteiger partial charge in [0.1, 0.15) is 0 Å². The first-order valence-corrected chi connectivity index (χ1v) is 9.49. The largest absolute Gasteiger partial charge is 0.0628 e. The average molecular weight is 281 g/mol. The van der Waals surface area contributed by atoms with E-state index in [1.165, 1.54) is 64.2 Å². The van der Waals surface area contributed by atoms with Gasteiger partial charge in [0.05, 0.1) is 0 Å². The lowest BCUT2D eigenvalue weighted by molar-refractivity contribution is 0.194. The van der Waals surface area contributed by atoms with Gasteiger partial charge >= 0.3 is 0 Å². The molecule has 0 bridgehead atoms. The van der Waals surface area contributed by atoms with Crippen molar-refractivity contribution in [2.24, 2.45) is 29.6 Å². The van der Waals surface area contributed by atoms with Gasteiger partial charge < -0.3 is 0 Å². The van der Waals surface area contributed by atoms with Gasteiger partial charge in [0.25, 0.3) is 0 Å². The zero-order valence-corrected chi connectivity index (χ0v) is 15.0. The summed E-state index contributed by atoms with van der Waals surface area (Å²) in [4.78, 5) is 0. The Morgan fingerprint density at radius 2 is 1.25 bits per heavy atom. The molecule has 1 aliphatic rings. The van der Waals surface area contributed by atoms with E-state index in [0.717, 1.165) is 29.6 Å². The molecule has 0 aliphatic heterocycles. The summed E-state index contributed by atoms with van der Waals surface area (Å²) in [5.74, 6) is 4.87. The van der Waals surface area contributed by atoms with Crippen LogP contribution in [0, 0.1) is 29.6 Å². The molecule has 0 spiro atoms. The highest BCUT2D eigenvalue weighted by Gasteiger charge is 2.24. The Hall–Kier alpha value is 0. The maximum Gasteiger partial charge on any atom is -0.0388 e. The molecule has 0 heterocycles. The van der Waals surface area contributed by atoms with Crippen molar-refractivity contribution in [1.29, 1.82) is 0 Å². The third-order valence-corrected chi connectivity index (χ3v) is 5.53. The second kappa shape index (κ2) is 9.85. The summed E-state index contributed by atoms with van der Waals surface area (Å²) in [7, 11) is 0. The zero-order chi connectivity index (χ0) is 15.0. The Kier molecular flexibility index (Phi) is 8.89. The quantitative estimate of drug-likeness (QED) is 0.423. The van der Waals surface area contributed by atoms with E-state index in [0.29, 0.717) is 0 Å². The molecule has 0 nitrogen and oxygen atoms in total. The summed E-state index contributed by atoms with van der Waals surface area (Å²) in [6, 6.07) is 0. The van der Waals surface area contributed by atoms with Crippen molar-refractivity contribution in [3.8, 4) is 0 Å². The fourth-order valence-corrected chi connectivity index (χ4v) is 3.94. The molecule has 1 rings (SSSR count). The third kappa shape index (κ3) is 7.70. The summed E-state index contributed by atoms with van der Waals surface area (Å²) in [6.45, 7) is 11.9. The lowest BCUT2D eigenvalue weighted by Crippen LogP contribution is -2.20. The predicted molar refractivity (Wildman–Crippen MR) is 92.0 cm³/mol. The van der Waals surface area contributed by atoms with Crippen LogP contribution in [0.1, 0.15) is 98.8 Å².